The number of rotatable bonds is 5. The lowest BCUT2D eigenvalue weighted by Gasteiger charge is -2.32. The van der Waals surface area contributed by atoms with Crippen LogP contribution in [0.1, 0.15) is 24.0 Å². The molecule has 1 amide bonds. The highest BCUT2D eigenvalue weighted by Crippen LogP contribution is 2.19. The minimum atomic E-state index is -0.250. The molecule has 1 aromatic rings. The van der Waals surface area contributed by atoms with Crippen molar-refractivity contribution in [1.29, 1.82) is 0 Å². The minimum absolute atomic E-state index is 0.250. The third kappa shape index (κ3) is 5.54. The summed E-state index contributed by atoms with van der Waals surface area (Å²) in [5.74, 6) is 1.71. The zero-order valence-corrected chi connectivity index (χ0v) is 16.2. The minimum Gasteiger partial charge on any atom is -0.496 e. The van der Waals surface area contributed by atoms with Crippen LogP contribution in [-0.2, 0) is 11.2 Å². The van der Waals surface area contributed by atoms with Crippen LogP contribution in [0.3, 0.4) is 0 Å². The van der Waals surface area contributed by atoms with Gasteiger partial charge in [0.05, 0.1) is 14.2 Å². The van der Waals surface area contributed by atoms with Crippen LogP contribution < -0.4 is 15.4 Å². The van der Waals surface area contributed by atoms with E-state index in [0.29, 0.717) is 19.1 Å². The van der Waals surface area contributed by atoms with Gasteiger partial charge in [-0.05, 0) is 43.4 Å². The van der Waals surface area contributed by atoms with Crippen molar-refractivity contribution in [3.8, 4) is 5.75 Å². The first-order chi connectivity index (χ1) is 12.6. The molecule has 1 aromatic carbocycles. The molecule has 0 unspecified atom stereocenters. The quantitative estimate of drug-likeness (QED) is 0.618. The molecule has 0 atom stereocenters. The number of hydrogen-bond acceptors (Lipinski definition) is 4. The van der Waals surface area contributed by atoms with Gasteiger partial charge >= 0.3 is 6.09 Å². The van der Waals surface area contributed by atoms with E-state index in [-0.39, 0.29) is 6.09 Å². The topological polar surface area (TPSA) is 75.2 Å². The highest BCUT2D eigenvalue weighted by atomic mass is 16.5. The van der Waals surface area contributed by atoms with Crippen LogP contribution in [0.4, 0.5) is 4.79 Å². The van der Waals surface area contributed by atoms with Crippen LogP contribution in [-0.4, -0.2) is 63.9 Å². The van der Waals surface area contributed by atoms with E-state index in [9.17, 15) is 4.79 Å². The van der Waals surface area contributed by atoms with E-state index >= 15 is 0 Å². The third-order valence-corrected chi connectivity index (χ3v) is 4.67. The fourth-order valence-electron chi connectivity index (χ4n) is 3.07. The molecule has 1 saturated heterocycles. The Kier molecular flexibility index (Phi) is 7.56. The number of hydrogen-bond donors (Lipinski definition) is 2. The lowest BCUT2D eigenvalue weighted by Crippen LogP contribution is -2.50. The highest BCUT2D eigenvalue weighted by Gasteiger charge is 2.23. The maximum absolute atomic E-state index is 11.5. The Morgan fingerprint density at radius 1 is 1.31 bits per heavy atom. The van der Waals surface area contributed by atoms with E-state index in [1.54, 1.807) is 19.1 Å². The van der Waals surface area contributed by atoms with E-state index < -0.39 is 0 Å². The van der Waals surface area contributed by atoms with Gasteiger partial charge < -0.3 is 25.0 Å². The number of nitrogens with zero attached hydrogens (tertiary/aromatic N) is 2. The summed E-state index contributed by atoms with van der Waals surface area (Å²) >= 11 is 0. The van der Waals surface area contributed by atoms with Crippen LogP contribution in [0.5, 0.6) is 5.75 Å². The number of carbonyl (C=O) groups is 1. The summed E-state index contributed by atoms with van der Waals surface area (Å²) in [6, 6.07) is 6.59. The largest absolute Gasteiger partial charge is 0.496 e. The lowest BCUT2D eigenvalue weighted by atomic mass is 10.1. The van der Waals surface area contributed by atoms with Gasteiger partial charge in [0.25, 0.3) is 0 Å². The molecular weight excluding hydrogens is 332 g/mol. The van der Waals surface area contributed by atoms with E-state index in [1.807, 2.05) is 6.92 Å². The van der Waals surface area contributed by atoms with Gasteiger partial charge in [0, 0.05) is 32.7 Å². The van der Waals surface area contributed by atoms with E-state index in [1.165, 1.54) is 12.7 Å². The molecule has 0 radical (unpaired) electrons. The van der Waals surface area contributed by atoms with Crippen molar-refractivity contribution in [3.05, 3.63) is 29.3 Å². The van der Waals surface area contributed by atoms with Crippen molar-refractivity contribution in [2.24, 2.45) is 4.99 Å². The monoisotopic (exact) mass is 362 g/mol. The van der Waals surface area contributed by atoms with E-state index in [4.69, 9.17) is 9.47 Å². The molecule has 7 heteroatoms. The Morgan fingerprint density at radius 3 is 2.65 bits per heavy atom. The van der Waals surface area contributed by atoms with Crippen molar-refractivity contribution >= 4 is 12.1 Å². The first-order valence-electron chi connectivity index (χ1n) is 9.01. The molecule has 1 fully saturated rings. The molecule has 2 N–H and O–H groups in total. The average Bonchev–Trinajstić information content (AvgIpc) is 2.68. The molecular formula is C19H30N4O3. The van der Waals surface area contributed by atoms with Gasteiger partial charge in [0.1, 0.15) is 5.75 Å². The zero-order chi connectivity index (χ0) is 18.9. The number of guanidine groups is 1. The molecule has 0 saturated carbocycles. The van der Waals surface area contributed by atoms with Crippen molar-refractivity contribution in [2.75, 3.05) is 40.9 Å². The molecule has 0 aromatic heterocycles. The fourth-order valence-corrected chi connectivity index (χ4v) is 3.07. The number of nitrogens with one attached hydrogen (secondary N) is 2. The average molecular weight is 362 g/mol. The number of amides is 1. The van der Waals surface area contributed by atoms with Gasteiger partial charge in [-0.1, -0.05) is 12.1 Å². The molecule has 7 nitrogen and oxygen atoms in total. The number of likely N-dealkylation sites (tertiary alicyclic amines) is 1. The Bertz CT molecular complexity index is 625. The van der Waals surface area contributed by atoms with Crippen LogP contribution >= 0.6 is 0 Å². The number of aryl methyl sites for hydroxylation is 1. The summed E-state index contributed by atoms with van der Waals surface area (Å²) in [5, 5.41) is 6.79. The summed E-state index contributed by atoms with van der Waals surface area (Å²) in [6.07, 6.45) is 2.40. The number of benzene rings is 1. The van der Waals surface area contributed by atoms with Gasteiger partial charge in [0.15, 0.2) is 5.96 Å². The molecule has 1 aliphatic heterocycles. The second-order valence-electron chi connectivity index (χ2n) is 6.43. The van der Waals surface area contributed by atoms with Crippen LogP contribution in [0, 0.1) is 6.92 Å². The predicted molar refractivity (Wildman–Crippen MR) is 103 cm³/mol. The molecule has 1 aliphatic rings. The van der Waals surface area contributed by atoms with Crippen LogP contribution in [0.2, 0.25) is 0 Å². The summed E-state index contributed by atoms with van der Waals surface area (Å²) in [4.78, 5) is 17.6. The zero-order valence-electron chi connectivity index (χ0n) is 16.2. The van der Waals surface area contributed by atoms with Crippen molar-refractivity contribution < 1.29 is 14.3 Å². The Balaban J connectivity index is 1.76. The Labute approximate surface area is 155 Å². The molecule has 0 spiro atoms. The van der Waals surface area contributed by atoms with Crippen LogP contribution in [0.15, 0.2) is 23.2 Å². The molecule has 0 aliphatic carbocycles. The maximum Gasteiger partial charge on any atom is 0.409 e. The number of ether oxygens (including phenoxy) is 2. The summed E-state index contributed by atoms with van der Waals surface area (Å²) in [5.41, 5.74) is 2.36. The number of methoxy groups -OCH3 is 2. The molecule has 144 valence electrons. The summed E-state index contributed by atoms with van der Waals surface area (Å²) in [6.45, 7) is 4.22. The normalized spacial score (nSPS) is 15.5. The van der Waals surface area contributed by atoms with Crippen molar-refractivity contribution in [3.63, 3.8) is 0 Å². The Morgan fingerprint density at radius 2 is 2.04 bits per heavy atom. The van der Waals surface area contributed by atoms with Gasteiger partial charge in [0.2, 0.25) is 0 Å². The van der Waals surface area contributed by atoms with Gasteiger partial charge in [-0.15, -0.1) is 0 Å². The van der Waals surface area contributed by atoms with E-state index in [0.717, 1.165) is 43.1 Å². The predicted octanol–water partition coefficient (Wildman–Crippen LogP) is 1.94. The molecule has 2 rings (SSSR count). The molecule has 0 bridgehead atoms. The van der Waals surface area contributed by atoms with Crippen molar-refractivity contribution in [1.82, 2.24) is 15.5 Å². The Hall–Kier alpha value is -2.44. The second-order valence-corrected chi connectivity index (χ2v) is 6.43. The van der Waals surface area contributed by atoms with Crippen molar-refractivity contribution in [2.45, 2.75) is 32.2 Å². The smallest absolute Gasteiger partial charge is 0.409 e. The first-order valence-corrected chi connectivity index (χ1v) is 9.01. The number of aliphatic imine (C=N–C) groups is 1. The summed E-state index contributed by atoms with van der Waals surface area (Å²) < 4.78 is 10.1. The van der Waals surface area contributed by atoms with Gasteiger partial charge in [-0.2, -0.15) is 0 Å². The lowest BCUT2D eigenvalue weighted by molar-refractivity contribution is 0.111. The fraction of sp³-hybridized carbons (Fsp3) is 0.579. The van der Waals surface area contributed by atoms with Gasteiger partial charge in [-0.25, -0.2) is 4.79 Å². The SMILES string of the molecule is CN=C(NCCc1ccc(C)c(OC)c1)NC1CCN(C(=O)OC)CC1. The standard InChI is InChI=1S/C19H30N4O3/c1-14-5-6-15(13-17(14)25-3)7-10-21-18(20-2)22-16-8-11-23(12-9-16)19(24)26-4/h5-6,13,16H,7-12H2,1-4H3,(H2,20,21,22). The number of piperidine rings is 1. The second kappa shape index (κ2) is 9.89. The first kappa shape index (κ1) is 19.9. The highest BCUT2D eigenvalue weighted by molar-refractivity contribution is 5.80. The van der Waals surface area contributed by atoms with Gasteiger partial charge in [-0.3, -0.25) is 4.99 Å². The number of carbonyl (C=O) groups excluding carboxylic acids is 1. The maximum atomic E-state index is 11.5. The van der Waals surface area contributed by atoms with E-state index in [2.05, 4.69) is 33.8 Å². The molecule has 26 heavy (non-hydrogen) atoms. The molecule has 1 heterocycles. The summed E-state index contributed by atoms with van der Waals surface area (Å²) in [7, 11) is 4.89. The van der Waals surface area contributed by atoms with Crippen LogP contribution in [0.25, 0.3) is 0 Å². The third-order valence-electron chi connectivity index (χ3n) is 4.67.